The number of benzene rings is 2. The average Bonchev–Trinajstić information content (AvgIpc) is 3.50. The van der Waals surface area contributed by atoms with Crippen LogP contribution < -0.4 is 9.47 Å². The second kappa shape index (κ2) is 8.69. The lowest BCUT2D eigenvalue weighted by Crippen LogP contribution is -2.32. The van der Waals surface area contributed by atoms with Crippen LogP contribution in [0, 0.1) is 0 Å². The second-order valence-electron chi connectivity index (χ2n) is 7.70. The fraction of sp³-hybridized carbons (Fsp3) is 0.231. The van der Waals surface area contributed by atoms with Gasteiger partial charge in [-0.15, -0.1) is 0 Å². The number of methoxy groups -OCH3 is 2. The van der Waals surface area contributed by atoms with Gasteiger partial charge in [0.05, 0.1) is 38.8 Å². The van der Waals surface area contributed by atoms with Crippen molar-refractivity contribution < 1.29 is 18.9 Å². The van der Waals surface area contributed by atoms with Gasteiger partial charge in [0.25, 0.3) is 5.79 Å². The highest BCUT2D eigenvalue weighted by molar-refractivity contribution is 5.79. The Labute approximate surface area is 192 Å². The molecule has 1 saturated heterocycles. The summed E-state index contributed by atoms with van der Waals surface area (Å²) in [6.07, 6.45) is 3.47. The van der Waals surface area contributed by atoms with Crippen LogP contribution in [-0.4, -0.2) is 42.0 Å². The van der Waals surface area contributed by atoms with Crippen molar-refractivity contribution in [1.29, 1.82) is 0 Å². The monoisotopic (exact) mass is 443 g/mol. The first kappa shape index (κ1) is 21.2. The maximum atomic E-state index is 6.23. The summed E-state index contributed by atoms with van der Waals surface area (Å²) in [6.45, 7) is 0.954. The Morgan fingerprint density at radius 1 is 0.788 bits per heavy atom. The number of rotatable bonds is 6. The van der Waals surface area contributed by atoms with E-state index in [-0.39, 0.29) is 0 Å². The highest BCUT2D eigenvalue weighted by Gasteiger charge is 2.45. The lowest BCUT2D eigenvalue weighted by Gasteiger charge is -2.27. The summed E-state index contributed by atoms with van der Waals surface area (Å²) in [4.78, 5) is 9.26. The Kier molecular flexibility index (Phi) is 5.58. The van der Waals surface area contributed by atoms with Crippen LogP contribution in [-0.2, 0) is 22.3 Å². The number of nitrogens with zero attached hydrogens (tertiary/aromatic N) is 3. The molecular formula is C26H25N3O4. The maximum Gasteiger partial charge on any atom is 0.256 e. The zero-order valence-electron chi connectivity index (χ0n) is 18.8. The standard InChI is InChI=1S/C26H25N3O4/c1-29-24(19-6-10-22(31-3)11-7-19)23(18-4-8-21(30-2)9-5-18)28-25(29)26(32-16-17-33-26)20-12-14-27-15-13-20/h4-15H,16-17H2,1-3H3. The van der Waals surface area contributed by atoms with Crippen LogP contribution in [0.2, 0.25) is 0 Å². The molecule has 0 amide bonds. The first-order valence-corrected chi connectivity index (χ1v) is 10.7. The van der Waals surface area contributed by atoms with Crippen LogP contribution >= 0.6 is 0 Å². The van der Waals surface area contributed by atoms with Crippen LogP contribution in [0.25, 0.3) is 22.5 Å². The van der Waals surface area contributed by atoms with Gasteiger partial charge in [-0.3, -0.25) is 4.98 Å². The van der Waals surface area contributed by atoms with Gasteiger partial charge in [-0.25, -0.2) is 4.98 Å². The van der Waals surface area contributed by atoms with Crippen molar-refractivity contribution in [3.63, 3.8) is 0 Å². The van der Waals surface area contributed by atoms with Crippen molar-refractivity contribution in [2.24, 2.45) is 7.05 Å². The number of hydrogen-bond acceptors (Lipinski definition) is 6. The van der Waals surface area contributed by atoms with E-state index in [2.05, 4.69) is 4.98 Å². The molecule has 5 rings (SSSR count). The quantitative estimate of drug-likeness (QED) is 0.440. The van der Waals surface area contributed by atoms with E-state index in [1.807, 2.05) is 72.3 Å². The number of pyridine rings is 1. The van der Waals surface area contributed by atoms with Gasteiger partial charge >= 0.3 is 0 Å². The molecule has 0 aliphatic carbocycles. The largest absolute Gasteiger partial charge is 0.497 e. The number of imidazole rings is 1. The molecule has 0 spiro atoms. The SMILES string of the molecule is COc1ccc(-c2nc(C3(c4ccncc4)OCCO3)n(C)c2-c2ccc(OC)cc2)cc1. The molecule has 2 aromatic heterocycles. The predicted octanol–water partition coefficient (Wildman–Crippen LogP) is 4.41. The van der Waals surface area contributed by atoms with Gasteiger partial charge in [-0.05, 0) is 60.7 Å². The zero-order valence-corrected chi connectivity index (χ0v) is 18.8. The number of hydrogen-bond donors (Lipinski definition) is 0. The molecule has 1 aliphatic rings. The Hall–Kier alpha value is -3.68. The van der Waals surface area contributed by atoms with Crippen molar-refractivity contribution in [3.8, 4) is 34.0 Å². The molecule has 0 unspecified atom stereocenters. The molecule has 3 heterocycles. The van der Waals surface area contributed by atoms with Gasteiger partial charge in [0.15, 0.2) is 5.82 Å². The maximum absolute atomic E-state index is 6.23. The third-order valence-corrected chi connectivity index (χ3v) is 5.87. The predicted molar refractivity (Wildman–Crippen MR) is 124 cm³/mol. The third kappa shape index (κ3) is 3.65. The summed E-state index contributed by atoms with van der Waals surface area (Å²) in [5.41, 5.74) is 4.60. The second-order valence-corrected chi connectivity index (χ2v) is 7.70. The van der Waals surface area contributed by atoms with Gasteiger partial charge < -0.3 is 23.5 Å². The van der Waals surface area contributed by atoms with Gasteiger partial charge in [0, 0.05) is 36.1 Å². The summed E-state index contributed by atoms with van der Waals surface area (Å²) in [6, 6.07) is 19.6. The van der Waals surface area contributed by atoms with Crippen molar-refractivity contribution in [3.05, 3.63) is 84.4 Å². The van der Waals surface area contributed by atoms with E-state index in [1.54, 1.807) is 26.6 Å². The van der Waals surface area contributed by atoms with E-state index in [9.17, 15) is 0 Å². The summed E-state index contributed by atoms with van der Waals surface area (Å²) >= 11 is 0. The molecule has 1 aliphatic heterocycles. The van der Waals surface area contributed by atoms with Crippen molar-refractivity contribution in [1.82, 2.24) is 14.5 Å². The molecule has 168 valence electrons. The lowest BCUT2D eigenvalue weighted by molar-refractivity contribution is -0.137. The molecule has 7 heteroatoms. The van der Waals surface area contributed by atoms with E-state index in [0.717, 1.165) is 39.6 Å². The number of ether oxygens (including phenoxy) is 4. The van der Waals surface area contributed by atoms with Gasteiger partial charge in [0.2, 0.25) is 0 Å². The van der Waals surface area contributed by atoms with Crippen LogP contribution in [0.4, 0.5) is 0 Å². The zero-order chi connectivity index (χ0) is 22.8. The van der Waals surface area contributed by atoms with E-state index in [1.165, 1.54) is 0 Å². The molecule has 4 aromatic rings. The lowest BCUT2D eigenvalue weighted by atomic mass is 10.0. The normalized spacial score (nSPS) is 14.9. The van der Waals surface area contributed by atoms with Crippen LogP contribution in [0.3, 0.4) is 0 Å². The Bertz CT molecular complexity index is 1230. The minimum Gasteiger partial charge on any atom is -0.497 e. The molecule has 33 heavy (non-hydrogen) atoms. The molecule has 2 aromatic carbocycles. The summed E-state index contributed by atoms with van der Waals surface area (Å²) < 4.78 is 25.2. The van der Waals surface area contributed by atoms with Crippen LogP contribution in [0.15, 0.2) is 73.1 Å². The summed E-state index contributed by atoms with van der Waals surface area (Å²) in [7, 11) is 5.31. The van der Waals surface area contributed by atoms with Crippen molar-refractivity contribution in [2.75, 3.05) is 27.4 Å². The molecule has 1 fully saturated rings. The van der Waals surface area contributed by atoms with E-state index in [0.29, 0.717) is 19.0 Å². The Balaban J connectivity index is 1.73. The molecule has 0 N–H and O–H groups in total. The third-order valence-electron chi connectivity index (χ3n) is 5.87. The molecular weight excluding hydrogens is 418 g/mol. The molecule has 0 radical (unpaired) electrons. The van der Waals surface area contributed by atoms with Crippen molar-refractivity contribution >= 4 is 0 Å². The minimum atomic E-state index is -1.11. The first-order valence-electron chi connectivity index (χ1n) is 10.7. The van der Waals surface area contributed by atoms with Gasteiger partial charge in [-0.1, -0.05) is 0 Å². The van der Waals surface area contributed by atoms with Crippen LogP contribution in [0.5, 0.6) is 11.5 Å². The fourth-order valence-electron chi connectivity index (χ4n) is 4.23. The highest BCUT2D eigenvalue weighted by Crippen LogP contribution is 2.42. The smallest absolute Gasteiger partial charge is 0.256 e. The molecule has 0 bridgehead atoms. The van der Waals surface area contributed by atoms with E-state index >= 15 is 0 Å². The van der Waals surface area contributed by atoms with E-state index < -0.39 is 5.79 Å². The Morgan fingerprint density at radius 2 is 1.33 bits per heavy atom. The van der Waals surface area contributed by atoms with Gasteiger partial charge in [0.1, 0.15) is 11.5 Å². The fourth-order valence-corrected chi connectivity index (χ4v) is 4.23. The summed E-state index contributed by atoms with van der Waals surface area (Å²) in [5, 5.41) is 0. The molecule has 0 atom stereocenters. The van der Waals surface area contributed by atoms with Crippen molar-refractivity contribution in [2.45, 2.75) is 5.79 Å². The summed E-state index contributed by atoms with van der Waals surface area (Å²) in [5.74, 6) is 1.14. The highest BCUT2D eigenvalue weighted by atomic mass is 16.7. The number of aromatic nitrogens is 3. The Morgan fingerprint density at radius 3 is 1.88 bits per heavy atom. The first-order chi connectivity index (χ1) is 16.2. The van der Waals surface area contributed by atoms with Crippen LogP contribution in [0.1, 0.15) is 11.4 Å². The molecule has 0 saturated carbocycles. The average molecular weight is 444 g/mol. The minimum absolute atomic E-state index is 0.477. The molecule has 7 nitrogen and oxygen atoms in total. The topological polar surface area (TPSA) is 67.6 Å². The van der Waals surface area contributed by atoms with Gasteiger partial charge in [-0.2, -0.15) is 0 Å². The van der Waals surface area contributed by atoms with E-state index in [4.69, 9.17) is 23.9 Å².